The Balaban J connectivity index is 1.86. The Morgan fingerprint density at radius 3 is 2.60 bits per heavy atom. The molecule has 1 aliphatic heterocycles. The lowest BCUT2D eigenvalue weighted by Gasteiger charge is -2.17. The first kappa shape index (κ1) is 15.9. The summed E-state index contributed by atoms with van der Waals surface area (Å²) in [5, 5.41) is 3.80. The van der Waals surface area contributed by atoms with Crippen molar-refractivity contribution in [1.82, 2.24) is 15.0 Å². The molecule has 0 saturated carbocycles. The molecule has 4 heterocycles. The summed E-state index contributed by atoms with van der Waals surface area (Å²) in [5.41, 5.74) is 4.36. The number of anilines is 1. The Kier molecular flexibility index (Phi) is 3.66. The van der Waals surface area contributed by atoms with E-state index in [0.717, 1.165) is 30.5 Å². The molecule has 6 nitrogen and oxygen atoms in total. The summed E-state index contributed by atoms with van der Waals surface area (Å²) in [6, 6.07) is 3.88. The van der Waals surface area contributed by atoms with Crippen molar-refractivity contribution in [1.29, 1.82) is 0 Å². The van der Waals surface area contributed by atoms with Gasteiger partial charge in [0.05, 0.1) is 10.3 Å². The van der Waals surface area contributed by atoms with Crippen LogP contribution in [0, 0.1) is 13.8 Å². The number of rotatable bonds is 3. The van der Waals surface area contributed by atoms with Crippen molar-refractivity contribution in [3.63, 3.8) is 0 Å². The van der Waals surface area contributed by atoms with Crippen LogP contribution in [0.2, 0.25) is 0 Å². The van der Waals surface area contributed by atoms with E-state index in [1.807, 2.05) is 31.4 Å². The smallest absolute Gasteiger partial charge is 0.271 e. The van der Waals surface area contributed by atoms with E-state index < -0.39 is 5.91 Å². The van der Waals surface area contributed by atoms with Gasteiger partial charge in [-0.25, -0.2) is 9.97 Å². The van der Waals surface area contributed by atoms with Gasteiger partial charge in [0.15, 0.2) is 11.6 Å². The van der Waals surface area contributed by atoms with Gasteiger partial charge in [0.25, 0.3) is 11.8 Å². The number of imide groups is 1. The Morgan fingerprint density at radius 1 is 1.16 bits per heavy atom. The lowest BCUT2D eigenvalue weighted by atomic mass is 10.2. The zero-order valence-electron chi connectivity index (χ0n) is 13.8. The van der Waals surface area contributed by atoms with Gasteiger partial charge in [-0.05, 0) is 37.8 Å². The van der Waals surface area contributed by atoms with Crippen LogP contribution in [-0.4, -0.2) is 26.8 Å². The molecule has 2 amide bonds. The number of nitrogens with one attached hydrogen (secondary N) is 1. The molecule has 1 N–H and O–H groups in total. The number of carbonyl (C=O) groups excluding carboxylic acids is 2. The summed E-state index contributed by atoms with van der Waals surface area (Å²) >= 11 is 3.12. The van der Waals surface area contributed by atoms with Gasteiger partial charge < -0.3 is 0 Å². The predicted octanol–water partition coefficient (Wildman–Crippen LogP) is 3.68. The van der Waals surface area contributed by atoms with E-state index in [-0.39, 0.29) is 5.91 Å². The summed E-state index contributed by atoms with van der Waals surface area (Å²) in [6.45, 7) is 5.63. The molecule has 0 bridgehead atoms. The minimum Gasteiger partial charge on any atom is -0.271 e. The molecule has 3 aromatic rings. The number of aromatic nitrogens is 2. The van der Waals surface area contributed by atoms with Crippen molar-refractivity contribution >= 4 is 50.5 Å². The van der Waals surface area contributed by atoms with E-state index in [1.165, 1.54) is 6.08 Å². The normalized spacial score (nSPS) is 14.5. The molecule has 0 unspecified atom stereocenters. The molecule has 0 spiro atoms. The first-order valence-corrected chi connectivity index (χ1v) is 9.30. The molecule has 0 aliphatic carbocycles. The molecular weight excluding hydrogens is 356 g/mol. The molecule has 8 heteroatoms. The zero-order valence-corrected chi connectivity index (χ0v) is 15.4. The minimum absolute atomic E-state index is 0.362. The van der Waals surface area contributed by atoms with E-state index in [9.17, 15) is 9.59 Å². The summed E-state index contributed by atoms with van der Waals surface area (Å²) in [5.74, 6) is 0.297. The first-order chi connectivity index (χ1) is 12.0. The summed E-state index contributed by atoms with van der Waals surface area (Å²) in [6.07, 6.45) is 1.32. The molecule has 1 aliphatic rings. The molecule has 0 radical (unpaired) electrons. The number of nitrogens with zero attached hydrogens (tertiary/aromatic N) is 3. The highest BCUT2D eigenvalue weighted by Gasteiger charge is 2.30. The molecule has 0 saturated heterocycles. The average molecular weight is 370 g/mol. The van der Waals surface area contributed by atoms with E-state index >= 15 is 0 Å². The Labute approximate surface area is 151 Å². The quantitative estimate of drug-likeness (QED) is 0.712. The molecule has 4 rings (SSSR count). The number of carbonyl (C=O) groups is 2. The molecule has 3 aromatic heterocycles. The minimum atomic E-state index is -0.392. The van der Waals surface area contributed by atoms with Gasteiger partial charge >= 0.3 is 0 Å². The Hall–Kier alpha value is -2.58. The number of fused-ring (bicyclic) bond motifs is 1. The van der Waals surface area contributed by atoms with Crippen LogP contribution in [0.5, 0.6) is 0 Å². The van der Waals surface area contributed by atoms with Crippen LogP contribution in [-0.2, 0) is 9.59 Å². The summed E-state index contributed by atoms with van der Waals surface area (Å²) in [4.78, 5) is 36.4. The molecule has 0 atom stereocenters. The summed E-state index contributed by atoms with van der Waals surface area (Å²) in [7, 11) is 0. The van der Waals surface area contributed by atoms with Gasteiger partial charge in [-0.1, -0.05) is 6.07 Å². The topological polar surface area (TPSA) is 75.2 Å². The second kappa shape index (κ2) is 5.75. The summed E-state index contributed by atoms with van der Waals surface area (Å²) < 4.78 is 0. The van der Waals surface area contributed by atoms with E-state index in [2.05, 4.69) is 15.4 Å². The van der Waals surface area contributed by atoms with Gasteiger partial charge in [0, 0.05) is 16.5 Å². The maximum absolute atomic E-state index is 12.2. The van der Waals surface area contributed by atoms with Crippen LogP contribution in [0.1, 0.15) is 17.4 Å². The fourth-order valence-electron chi connectivity index (χ4n) is 2.65. The van der Waals surface area contributed by atoms with E-state index in [1.54, 1.807) is 29.6 Å². The molecule has 25 heavy (non-hydrogen) atoms. The molecule has 126 valence electrons. The van der Waals surface area contributed by atoms with E-state index in [0.29, 0.717) is 17.2 Å². The van der Waals surface area contributed by atoms with Gasteiger partial charge in [-0.15, -0.1) is 22.7 Å². The highest BCUT2D eigenvalue weighted by molar-refractivity contribution is 7.19. The van der Waals surface area contributed by atoms with Crippen LogP contribution < -0.4 is 5.43 Å². The maximum Gasteiger partial charge on any atom is 0.275 e. The van der Waals surface area contributed by atoms with Gasteiger partial charge in [-0.2, -0.15) is 5.01 Å². The third-order valence-corrected chi connectivity index (χ3v) is 6.06. The number of hydrazine groups is 1. The Bertz CT molecular complexity index is 1050. The first-order valence-electron chi connectivity index (χ1n) is 7.60. The molecule has 0 fully saturated rings. The van der Waals surface area contributed by atoms with Crippen LogP contribution in [0.3, 0.4) is 0 Å². The highest BCUT2D eigenvalue weighted by Crippen LogP contribution is 2.36. The SMILES string of the molecule is CC1=CC(=O)N(Nc2nc(-c3cccs3)nc3sc(C)c(C)c23)C1=O. The number of aryl methyl sites for hydroxylation is 2. The van der Waals surface area contributed by atoms with Crippen LogP contribution in [0.25, 0.3) is 20.9 Å². The van der Waals surface area contributed by atoms with Crippen LogP contribution in [0.4, 0.5) is 5.82 Å². The Morgan fingerprint density at radius 2 is 1.96 bits per heavy atom. The second-order valence-electron chi connectivity index (χ2n) is 5.75. The monoisotopic (exact) mass is 370 g/mol. The van der Waals surface area contributed by atoms with Crippen molar-refractivity contribution < 1.29 is 9.59 Å². The standard InChI is InChI=1S/C17H14N4O2S2/c1-8-7-12(22)21(17(8)23)20-15-13-9(2)10(3)25-16(13)19-14(18-15)11-5-4-6-24-11/h4-7H,1-3H3,(H,18,19,20). The zero-order chi connectivity index (χ0) is 17.7. The van der Waals surface area contributed by atoms with Crippen molar-refractivity contribution in [2.24, 2.45) is 0 Å². The lowest BCUT2D eigenvalue weighted by Crippen LogP contribution is -2.36. The number of hydrogen-bond donors (Lipinski definition) is 1. The molecular formula is C17H14N4O2S2. The third-order valence-electron chi connectivity index (χ3n) is 4.09. The molecule has 0 aromatic carbocycles. The van der Waals surface area contributed by atoms with Crippen molar-refractivity contribution in [2.45, 2.75) is 20.8 Å². The maximum atomic E-state index is 12.2. The van der Waals surface area contributed by atoms with Gasteiger partial charge in [0.1, 0.15) is 4.83 Å². The van der Waals surface area contributed by atoms with Crippen LogP contribution in [0.15, 0.2) is 29.2 Å². The van der Waals surface area contributed by atoms with Gasteiger partial charge in [-0.3, -0.25) is 15.0 Å². The predicted molar refractivity (Wildman–Crippen MR) is 99.4 cm³/mol. The van der Waals surface area contributed by atoms with Crippen LogP contribution >= 0.6 is 22.7 Å². The van der Waals surface area contributed by atoms with Crippen molar-refractivity contribution in [3.8, 4) is 10.7 Å². The number of thiophene rings is 2. The van der Waals surface area contributed by atoms with Crippen molar-refractivity contribution in [2.75, 3.05) is 5.43 Å². The second-order valence-corrected chi connectivity index (χ2v) is 7.91. The fraction of sp³-hybridized carbons (Fsp3) is 0.176. The third kappa shape index (κ3) is 2.54. The number of amides is 2. The fourth-order valence-corrected chi connectivity index (χ4v) is 4.33. The lowest BCUT2D eigenvalue weighted by molar-refractivity contribution is -0.135. The average Bonchev–Trinajstić information content (AvgIpc) is 3.25. The number of hydrogen-bond acceptors (Lipinski definition) is 7. The van der Waals surface area contributed by atoms with Gasteiger partial charge in [0.2, 0.25) is 0 Å². The highest BCUT2D eigenvalue weighted by atomic mass is 32.1. The van der Waals surface area contributed by atoms with Crippen molar-refractivity contribution in [3.05, 3.63) is 39.6 Å². The largest absolute Gasteiger partial charge is 0.275 e. The van der Waals surface area contributed by atoms with E-state index in [4.69, 9.17) is 0 Å².